The minimum absolute atomic E-state index is 0.00714. The molecular weight excluding hydrogens is 399 g/mol. The van der Waals surface area contributed by atoms with Crippen LogP contribution < -0.4 is 5.32 Å². The van der Waals surface area contributed by atoms with Crippen molar-refractivity contribution in [3.8, 4) is 11.3 Å². The number of hydrogen-bond acceptors (Lipinski definition) is 5. The molecule has 162 valence electrons. The van der Waals surface area contributed by atoms with Crippen LogP contribution in [0.15, 0.2) is 34.9 Å². The van der Waals surface area contributed by atoms with E-state index in [0.29, 0.717) is 42.9 Å². The number of carbonyl (C=O) groups excluding carboxylic acids is 1. The Bertz CT molecular complexity index is 900. The molecule has 1 saturated heterocycles. The summed E-state index contributed by atoms with van der Waals surface area (Å²) in [4.78, 5) is 14.4. The summed E-state index contributed by atoms with van der Waals surface area (Å²) in [6.07, 6.45) is -4.23. The first-order chi connectivity index (χ1) is 14.2. The Balaban J connectivity index is 1.46. The number of aliphatic hydroxyl groups excluding tert-OH is 1. The van der Waals surface area contributed by atoms with E-state index < -0.39 is 30.8 Å². The van der Waals surface area contributed by atoms with Crippen molar-refractivity contribution in [3.05, 3.63) is 41.7 Å². The third-order valence-corrected chi connectivity index (χ3v) is 6.07. The third kappa shape index (κ3) is 4.37. The van der Waals surface area contributed by atoms with Crippen LogP contribution in [0.4, 0.5) is 13.2 Å². The topological polar surface area (TPSA) is 78.6 Å². The number of carbonyl (C=O) groups is 1. The van der Waals surface area contributed by atoms with Crippen LogP contribution in [0.2, 0.25) is 0 Å². The third-order valence-electron chi connectivity index (χ3n) is 6.07. The first-order valence-electron chi connectivity index (χ1n) is 10.0. The summed E-state index contributed by atoms with van der Waals surface area (Å²) in [7, 11) is 0. The molecule has 30 heavy (non-hydrogen) atoms. The molecule has 2 heterocycles. The number of nitrogens with zero attached hydrogens (tertiary/aromatic N) is 2. The highest BCUT2D eigenvalue weighted by molar-refractivity contribution is 6.00. The lowest BCUT2D eigenvalue weighted by Gasteiger charge is -2.35. The summed E-state index contributed by atoms with van der Waals surface area (Å²) < 4.78 is 43.4. The number of aryl methyl sites for hydroxylation is 1. The molecule has 9 heteroatoms. The number of halogens is 3. The van der Waals surface area contributed by atoms with E-state index >= 15 is 0 Å². The van der Waals surface area contributed by atoms with E-state index in [4.69, 9.17) is 4.52 Å². The summed E-state index contributed by atoms with van der Waals surface area (Å²) in [6.45, 7) is 1.36. The van der Waals surface area contributed by atoms with Gasteiger partial charge in [-0.1, -0.05) is 35.5 Å². The Kier molecular flexibility index (Phi) is 5.59. The fourth-order valence-corrected chi connectivity index (χ4v) is 4.74. The molecule has 1 aromatic carbocycles. The van der Waals surface area contributed by atoms with Crippen molar-refractivity contribution in [1.29, 1.82) is 0 Å². The number of aliphatic hydroxyl groups is 1. The molecular formula is C21H24F3N3O3. The lowest BCUT2D eigenvalue weighted by atomic mass is 9.77. The zero-order valence-corrected chi connectivity index (χ0v) is 16.5. The molecule has 0 radical (unpaired) electrons. The Morgan fingerprint density at radius 2 is 1.90 bits per heavy atom. The van der Waals surface area contributed by atoms with E-state index in [2.05, 4.69) is 10.5 Å². The number of fused-ring (bicyclic) bond motifs is 1. The van der Waals surface area contributed by atoms with Gasteiger partial charge in [0.2, 0.25) is 0 Å². The summed E-state index contributed by atoms with van der Waals surface area (Å²) >= 11 is 0. The summed E-state index contributed by atoms with van der Waals surface area (Å²) in [6, 6.07) is 8.64. The average molecular weight is 423 g/mol. The molecule has 0 unspecified atom stereocenters. The van der Waals surface area contributed by atoms with E-state index in [1.54, 1.807) is 6.92 Å². The Morgan fingerprint density at radius 3 is 2.57 bits per heavy atom. The van der Waals surface area contributed by atoms with Crippen LogP contribution >= 0.6 is 0 Å². The molecule has 4 atom stereocenters. The zero-order valence-electron chi connectivity index (χ0n) is 16.5. The summed E-state index contributed by atoms with van der Waals surface area (Å²) in [5.74, 6) is -0.0158. The van der Waals surface area contributed by atoms with Crippen molar-refractivity contribution in [2.24, 2.45) is 11.8 Å². The van der Waals surface area contributed by atoms with Gasteiger partial charge in [0.05, 0.1) is 18.7 Å². The number of amides is 1. The van der Waals surface area contributed by atoms with Gasteiger partial charge in [-0.05, 0) is 31.6 Å². The van der Waals surface area contributed by atoms with Gasteiger partial charge in [-0.15, -0.1) is 0 Å². The standard InChI is InChI=1S/C21H24F3N3O3/c1-12-18(19(26-30-12)13-5-3-2-4-6-13)20(29)25-16-7-14-9-27(11-21(22,23)24)10-15(14)8-17(16)28/h2-6,14-17,28H,7-11H2,1H3,(H,25,29)/t14-,15+,16-,17-/m0/s1. The minimum atomic E-state index is -4.24. The molecule has 2 fully saturated rings. The van der Waals surface area contributed by atoms with E-state index in [-0.39, 0.29) is 11.8 Å². The Labute approximate surface area is 172 Å². The zero-order chi connectivity index (χ0) is 21.5. The van der Waals surface area contributed by atoms with Gasteiger partial charge in [0.15, 0.2) is 0 Å². The van der Waals surface area contributed by atoms with Crippen LogP contribution in [-0.4, -0.2) is 59.0 Å². The first-order valence-corrected chi connectivity index (χ1v) is 10.0. The van der Waals surface area contributed by atoms with Gasteiger partial charge in [-0.25, -0.2) is 0 Å². The van der Waals surface area contributed by atoms with Crippen LogP contribution in [0, 0.1) is 18.8 Å². The summed E-state index contributed by atoms with van der Waals surface area (Å²) in [5, 5.41) is 17.4. The number of benzene rings is 1. The van der Waals surface area contributed by atoms with Gasteiger partial charge in [-0.2, -0.15) is 13.2 Å². The molecule has 0 spiro atoms. The second-order valence-electron chi connectivity index (χ2n) is 8.28. The maximum atomic E-state index is 13.0. The summed E-state index contributed by atoms with van der Waals surface area (Å²) in [5.41, 5.74) is 1.47. The molecule has 1 aliphatic heterocycles. The largest absolute Gasteiger partial charge is 0.401 e. The van der Waals surface area contributed by atoms with E-state index in [9.17, 15) is 23.1 Å². The van der Waals surface area contributed by atoms with E-state index in [1.807, 2.05) is 30.3 Å². The monoisotopic (exact) mass is 423 g/mol. The quantitative estimate of drug-likeness (QED) is 0.791. The van der Waals surface area contributed by atoms with Gasteiger partial charge >= 0.3 is 6.18 Å². The van der Waals surface area contributed by atoms with Crippen molar-refractivity contribution >= 4 is 5.91 Å². The number of rotatable bonds is 4. The number of hydrogen-bond donors (Lipinski definition) is 2. The van der Waals surface area contributed by atoms with Gasteiger partial charge in [0.1, 0.15) is 17.0 Å². The highest BCUT2D eigenvalue weighted by Crippen LogP contribution is 2.38. The average Bonchev–Trinajstić information content (AvgIpc) is 3.23. The van der Waals surface area contributed by atoms with Crippen LogP contribution in [-0.2, 0) is 0 Å². The van der Waals surface area contributed by atoms with E-state index in [1.165, 1.54) is 4.90 Å². The Hall–Kier alpha value is -2.39. The Morgan fingerprint density at radius 1 is 1.23 bits per heavy atom. The number of nitrogens with one attached hydrogen (secondary N) is 1. The SMILES string of the molecule is Cc1onc(-c2ccccc2)c1C(=O)N[C@H]1C[C@H]2CN(CC(F)(F)F)C[C@H]2C[C@@H]1O. The molecule has 1 amide bonds. The number of aromatic nitrogens is 1. The molecule has 1 aliphatic carbocycles. The van der Waals surface area contributed by atoms with Crippen molar-refractivity contribution in [2.75, 3.05) is 19.6 Å². The predicted molar refractivity (Wildman–Crippen MR) is 103 cm³/mol. The highest BCUT2D eigenvalue weighted by Gasteiger charge is 2.44. The number of alkyl halides is 3. The molecule has 0 bridgehead atoms. The lowest BCUT2D eigenvalue weighted by Crippen LogP contribution is -2.49. The maximum Gasteiger partial charge on any atom is 0.401 e. The first kappa shape index (κ1) is 20.9. The molecule has 1 saturated carbocycles. The molecule has 2 N–H and O–H groups in total. The van der Waals surface area contributed by atoms with Gasteiger partial charge in [-0.3, -0.25) is 9.69 Å². The van der Waals surface area contributed by atoms with Crippen molar-refractivity contribution in [2.45, 2.75) is 38.1 Å². The van der Waals surface area contributed by atoms with Crippen molar-refractivity contribution < 1.29 is 27.6 Å². The van der Waals surface area contributed by atoms with Gasteiger partial charge in [0.25, 0.3) is 5.91 Å². The molecule has 2 aromatic rings. The van der Waals surface area contributed by atoms with Crippen LogP contribution in [0.1, 0.15) is 29.0 Å². The molecule has 2 aliphatic rings. The molecule has 4 rings (SSSR count). The molecule has 6 nitrogen and oxygen atoms in total. The fraction of sp³-hybridized carbons (Fsp3) is 0.524. The lowest BCUT2D eigenvalue weighted by molar-refractivity contribution is -0.144. The fourth-order valence-electron chi connectivity index (χ4n) is 4.74. The van der Waals surface area contributed by atoms with Crippen molar-refractivity contribution in [1.82, 2.24) is 15.4 Å². The van der Waals surface area contributed by atoms with Crippen LogP contribution in [0.25, 0.3) is 11.3 Å². The minimum Gasteiger partial charge on any atom is -0.391 e. The van der Waals surface area contributed by atoms with Gasteiger partial charge < -0.3 is 14.9 Å². The second-order valence-corrected chi connectivity index (χ2v) is 8.28. The van der Waals surface area contributed by atoms with Gasteiger partial charge in [0, 0.05) is 18.7 Å². The predicted octanol–water partition coefficient (Wildman–Crippen LogP) is 3.01. The number of likely N-dealkylation sites (tertiary alicyclic amines) is 1. The maximum absolute atomic E-state index is 13.0. The molecule has 1 aromatic heterocycles. The normalized spacial score (nSPS) is 27.1. The smallest absolute Gasteiger partial charge is 0.391 e. The van der Waals surface area contributed by atoms with Crippen LogP contribution in [0.5, 0.6) is 0 Å². The van der Waals surface area contributed by atoms with Crippen molar-refractivity contribution in [3.63, 3.8) is 0 Å². The van der Waals surface area contributed by atoms with Crippen LogP contribution in [0.3, 0.4) is 0 Å². The second kappa shape index (κ2) is 8.03. The van der Waals surface area contributed by atoms with E-state index in [0.717, 1.165) is 5.56 Å². The highest BCUT2D eigenvalue weighted by atomic mass is 19.4.